The Kier molecular flexibility index (Phi) is 12.4. The Balaban J connectivity index is 1.22. The number of hydrogen-bond acceptors (Lipinski definition) is 11. The minimum absolute atomic E-state index is 0.0336. The normalized spacial score (nSPS) is 25.4. The standard InChI is InChI=1S/C41H51F2N7O9S/c1-23(2)58-35-19-33(28-14-15-32(57-4)24(3)36(28)45-35)59-26-18-31-38(52)46-41(40(54)48-60(55,56)27-12-13-27)20-25(41)10-8-6-5-7-9-11-30(39(53)50(31)21-26)44-37(51)29-16-17-49(47-29)22-34(42)43/h8,10,14-17,19,23,25-27,30-31,34H,5-7,9,11-13,18,20-22H2,1-4H3,(H,44,51)(H,46,52)(H,48,54)/b10-8-/t25-,26-,30+,31+,41-/m1/s1. The number of methoxy groups -OCH3 is 1. The maximum atomic E-state index is 14.7. The molecule has 5 atom stereocenters. The number of ether oxygens (including phenoxy) is 3. The minimum Gasteiger partial charge on any atom is -0.496 e. The first-order valence-corrected chi connectivity index (χ1v) is 21.9. The van der Waals surface area contributed by atoms with Crippen LogP contribution in [0, 0.1) is 12.8 Å². The van der Waals surface area contributed by atoms with Crippen LogP contribution in [0.4, 0.5) is 8.78 Å². The van der Waals surface area contributed by atoms with Gasteiger partial charge < -0.3 is 29.7 Å². The maximum Gasteiger partial charge on any atom is 0.272 e. The molecule has 3 N–H and O–H groups in total. The summed E-state index contributed by atoms with van der Waals surface area (Å²) in [6.45, 7) is 4.75. The molecule has 0 spiro atoms. The fraction of sp³-hybridized carbons (Fsp3) is 0.561. The van der Waals surface area contributed by atoms with E-state index in [0.29, 0.717) is 60.9 Å². The van der Waals surface area contributed by atoms with Crippen molar-refractivity contribution < 1.29 is 50.6 Å². The van der Waals surface area contributed by atoms with Crippen molar-refractivity contribution in [2.75, 3.05) is 13.7 Å². The van der Waals surface area contributed by atoms with E-state index in [2.05, 4.69) is 20.5 Å². The van der Waals surface area contributed by atoms with Gasteiger partial charge in [0.15, 0.2) is 0 Å². The molecule has 3 aromatic rings. The quantitative estimate of drug-likeness (QED) is 0.223. The summed E-state index contributed by atoms with van der Waals surface area (Å²) in [5, 5.41) is 9.51. The van der Waals surface area contributed by atoms with E-state index in [1.807, 2.05) is 32.9 Å². The number of sulfonamides is 1. The Morgan fingerprint density at radius 2 is 1.87 bits per heavy atom. The second-order valence-corrected chi connectivity index (χ2v) is 18.2. The number of benzene rings is 1. The second kappa shape index (κ2) is 17.3. The predicted octanol–water partition coefficient (Wildman–Crippen LogP) is 3.95. The van der Waals surface area contributed by atoms with Crippen LogP contribution in [0.5, 0.6) is 17.4 Å². The van der Waals surface area contributed by atoms with Crippen molar-refractivity contribution in [2.45, 2.75) is 127 Å². The summed E-state index contributed by atoms with van der Waals surface area (Å²) in [5.41, 5.74) is -0.439. The van der Waals surface area contributed by atoms with Gasteiger partial charge in [-0.1, -0.05) is 25.0 Å². The minimum atomic E-state index is -3.95. The van der Waals surface area contributed by atoms with Crippen LogP contribution >= 0.6 is 0 Å². The second-order valence-electron chi connectivity index (χ2n) is 16.2. The first-order valence-electron chi connectivity index (χ1n) is 20.4. The summed E-state index contributed by atoms with van der Waals surface area (Å²) in [6.07, 6.45) is 5.00. The third-order valence-electron chi connectivity index (χ3n) is 11.3. The van der Waals surface area contributed by atoms with E-state index in [-0.39, 0.29) is 43.5 Å². The van der Waals surface area contributed by atoms with E-state index in [1.165, 1.54) is 17.2 Å². The molecule has 19 heteroatoms. The van der Waals surface area contributed by atoms with Crippen molar-refractivity contribution in [3.05, 3.63) is 53.9 Å². The van der Waals surface area contributed by atoms with Gasteiger partial charge in [0.1, 0.15) is 47.5 Å². The average molecular weight is 856 g/mol. The highest BCUT2D eigenvalue weighted by molar-refractivity contribution is 7.91. The molecular weight excluding hydrogens is 805 g/mol. The molecule has 2 aliphatic carbocycles. The van der Waals surface area contributed by atoms with Crippen molar-refractivity contribution in [3.8, 4) is 17.4 Å². The number of carbonyl (C=O) groups excluding carboxylic acids is 4. The summed E-state index contributed by atoms with van der Waals surface area (Å²) >= 11 is 0. The first-order chi connectivity index (χ1) is 28.6. The Bertz CT molecular complexity index is 2280. The average Bonchev–Trinajstić information content (AvgIpc) is 4.07. The Morgan fingerprint density at radius 1 is 1.08 bits per heavy atom. The first kappa shape index (κ1) is 42.8. The number of allylic oxidation sites excluding steroid dienone is 1. The molecule has 60 heavy (non-hydrogen) atoms. The number of pyridine rings is 1. The molecule has 4 aliphatic rings. The van der Waals surface area contributed by atoms with Gasteiger partial charge >= 0.3 is 0 Å². The summed E-state index contributed by atoms with van der Waals surface area (Å²) in [4.78, 5) is 62.7. The Hall–Kier alpha value is -5.33. The molecule has 2 saturated carbocycles. The van der Waals surface area contributed by atoms with Crippen LogP contribution in [0.15, 0.2) is 42.6 Å². The van der Waals surface area contributed by atoms with Crippen molar-refractivity contribution in [1.29, 1.82) is 0 Å². The molecule has 2 aliphatic heterocycles. The van der Waals surface area contributed by atoms with Crippen molar-refractivity contribution in [2.24, 2.45) is 5.92 Å². The lowest BCUT2D eigenvalue weighted by atomic mass is 10.0. The van der Waals surface area contributed by atoms with Crippen LogP contribution in [-0.4, -0.2) is 107 Å². The summed E-state index contributed by atoms with van der Waals surface area (Å²) in [6, 6.07) is 4.14. The van der Waals surface area contributed by atoms with Crippen molar-refractivity contribution in [3.63, 3.8) is 0 Å². The van der Waals surface area contributed by atoms with Crippen LogP contribution in [0.2, 0.25) is 0 Å². The zero-order valence-electron chi connectivity index (χ0n) is 34.0. The number of rotatable bonds is 12. The molecule has 2 aromatic heterocycles. The number of carbonyl (C=O) groups is 4. The number of amides is 4. The maximum absolute atomic E-state index is 14.7. The number of nitrogens with zero attached hydrogens (tertiary/aromatic N) is 4. The van der Waals surface area contributed by atoms with Gasteiger partial charge in [-0.3, -0.25) is 28.6 Å². The van der Waals surface area contributed by atoms with Gasteiger partial charge in [0.05, 0.1) is 30.5 Å². The lowest BCUT2D eigenvalue weighted by Gasteiger charge is -2.29. The van der Waals surface area contributed by atoms with E-state index in [1.54, 1.807) is 25.3 Å². The number of nitrogens with one attached hydrogen (secondary N) is 3. The molecule has 1 saturated heterocycles. The van der Waals surface area contributed by atoms with Gasteiger partial charge in [-0.15, -0.1) is 0 Å². The molecule has 4 amide bonds. The smallest absolute Gasteiger partial charge is 0.272 e. The van der Waals surface area contributed by atoms with Crippen LogP contribution in [0.25, 0.3) is 10.9 Å². The molecule has 1 aromatic carbocycles. The number of halogens is 2. The summed E-state index contributed by atoms with van der Waals surface area (Å²) < 4.78 is 73.2. The zero-order chi connectivity index (χ0) is 42.9. The Labute approximate surface area is 346 Å². The monoisotopic (exact) mass is 855 g/mol. The number of aromatic nitrogens is 3. The van der Waals surface area contributed by atoms with E-state index >= 15 is 0 Å². The van der Waals surface area contributed by atoms with Gasteiger partial charge in [-0.05, 0) is 77.5 Å². The lowest BCUT2D eigenvalue weighted by molar-refractivity contribution is -0.141. The van der Waals surface area contributed by atoms with Crippen LogP contribution in [0.1, 0.15) is 87.7 Å². The fourth-order valence-corrected chi connectivity index (χ4v) is 9.33. The molecular formula is C41H51F2N7O9S. The highest BCUT2D eigenvalue weighted by Gasteiger charge is 2.62. The molecule has 0 radical (unpaired) electrons. The zero-order valence-corrected chi connectivity index (χ0v) is 34.8. The molecule has 3 fully saturated rings. The van der Waals surface area contributed by atoms with Crippen molar-refractivity contribution >= 4 is 44.6 Å². The van der Waals surface area contributed by atoms with E-state index in [4.69, 9.17) is 19.2 Å². The number of alkyl halides is 2. The van der Waals surface area contributed by atoms with Crippen LogP contribution in [0.3, 0.4) is 0 Å². The van der Waals surface area contributed by atoms with Crippen molar-refractivity contribution in [1.82, 2.24) is 35.0 Å². The number of hydrogen-bond donors (Lipinski definition) is 3. The van der Waals surface area contributed by atoms with Crippen LogP contribution in [-0.2, 0) is 31.0 Å². The molecule has 7 rings (SSSR count). The molecule has 0 unspecified atom stereocenters. The summed E-state index contributed by atoms with van der Waals surface area (Å²) in [7, 11) is -2.40. The predicted molar refractivity (Wildman–Crippen MR) is 214 cm³/mol. The highest BCUT2D eigenvalue weighted by Crippen LogP contribution is 2.46. The Morgan fingerprint density at radius 3 is 2.58 bits per heavy atom. The molecule has 16 nitrogen and oxygen atoms in total. The van der Waals surface area contributed by atoms with Gasteiger partial charge in [0.25, 0.3) is 18.2 Å². The SMILES string of the molecule is COc1ccc2c(O[C@@H]3C[C@H]4C(=O)N[C@]5(C(=O)NS(=O)(=O)C6CC6)C[C@H]5/C=C\CCCCC[C@H](NC(=O)c5ccn(CC(F)F)n5)C(=O)N4C3)cc(OC(C)C)nc2c1C. The lowest BCUT2D eigenvalue weighted by Crippen LogP contribution is -2.58. The molecule has 4 heterocycles. The van der Waals surface area contributed by atoms with Gasteiger partial charge in [0, 0.05) is 35.6 Å². The fourth-order valence-electron chi connectivity index (χ4n) is 7.96. The van der Waals surface area contributed by atoms with E-state index in [0.717, 1.165) is 10.2 Å². The largest absolute Gasteiger partial charge is 0.496 e. The third kappa shape index (κ3) is 9.34. The molecule has 0 bridgehead atoms. The summed E-state index contributed by atoms with van der Waals surface area (Å²) in [5.74, 6) is -2.12. The van der Waals surface area contributed by atoms with Gasteiger partial charge in [-0.2, -0.15) is 5.10 Å². The van der Waals surface area contributed by atoms with Gasteiger partial charge in [0.2, 0.25) is 27.7 Å². The number of fused-ring (bicyclic) bond motifs is 3. The third-order valence-corrected chi connectivity index (χ3v) is 13.2. The topological polar surface area (TPSA) is 200 Å². The van der Waals surface area contributed by atoms with Crippen LogP contribution < -0.4 is 29.6 Å². The van der Waals surface area contributed by atoms with E-state index in [9.17, 15) is 36.4 Å². The molecule has 324 valence electrons. The highest BCUT2D eigenvalue weighted by atomic mass is 32.2. The van der Waals surface area contributed by atoms with Gasteiger partial charge in [-0.25, -0.2) is 22.2 Å². The number of aryl methyl sites for hydroxylation is 1. The van der Waals surface area contributed by atoms with E-state index < -0.39 is 81.5 Å².